The Balaban J connectivity index is 3.62. The van der Waals surface area contributed by atoms with E-state index in [1.807, 2.05) is 13.8 Å². The fraction of sp³-hybridized carbons (Fsp3) is 0.875. The summed E-state index contributed by atoms with van der Waals surface area (Å²) in [5.41, 5.74) is 5.60. The monoisotopic (exact) mass is 221 g/mol. The van der Waals surface area contributed by atoms with Crippen LogP contribution in [0.5, 0.6) is 0 Å². The summed E-state index contributed by atoms with van der Waals surface area (Å²) in [5, 5.41) is 0. The van der Waals surface area contributed by atoms with Gasteiger partial charge in [-0.15, -0.1) is 0 Å². The Kier molecular flexibility index (Phi) is 5.71. The molecule has 0 aliphatic rings. The zero-order chi connectivity index (χ0) is 11.2. The van der Waals surface area contributed by atoms with Crippen LogP contribution in [0, 0.1) is 5.92 Å². The molecule has 14 heavy (non-hydrogen) atoms. The predicted octanol–water partition coefficient (Wildman–Crippen LogP) is -0.0611. The molecule has 0 aliphatic heterocycles. The molecule has 0 atom stereocenters. The highest BCUT2D eigenvalue weighted by Gasteiger charge is 1.99. The Morgan fingerprint density at radius 1 is 1.50 bits per heavy atom. The third kappa shape index (κ3) is 8.00. The summed E-state index contributed by atoms with van der Waals surface area (Å²) in [4.78, 5) is 4.10. The second-order valence-corrected chi connectivity index (χ2v) is 5.31. The van der Waals surface area contributed by atoms with Crippen molar-refractivity contribution >= 4 is 15.9 Å². The predicted molar refractivity (Wildman–Crippen MR) is 58.8 cm³/mol. The van der Waals surface area contributed by atoms with E-state index in [0.29, 0.717) is 25.3 Å². The maximum Gasteiger partial charge on any atom is 0.208 e. The SMILES string of the molecule is CC(C)C(N)=NCCCNS(C)(=O)=O. The summed E-state index contributed by atoms with van der Waals surface area (Å²) >= 11 is 0. The van der Waals surface area contributed by atoms with E-state index in [2.05, 4.69) is 9.71 Å². The van der Waals surface area contributed by atoms with Crippen molar-refractivity contribution < 1.29 is 8.42 Å². The van der Waals surface area contributed by atoms with Crippen LogP contribution in [-0.2, 0) is 10.0 Å². The van der Waals surface area contributed by atoms with Crippen molar-refractivity contribution in [1.29, 1.82) is 0 Å². The summed E-state index contributed by atoms with van der Waals surface area (Å²) in [6, 6.07) is 0. The van der Waals surface area contributed by atoms with E-state index in [4.69, 9.17) is 5.73 Å². The second kappa shape index (κ2) is 5.98. The fourth-order valence-electron chi connectivity index (χ4n) is 0.727. The van der Waals surface area contributed by atoms with Crippen molar-refractivity contribution in [1.82, 2.24) is 4.72 Å². The van der Waals surface area contributed by atoms with E-state index in [0.717, 1.165) is 6.26 Å². The molecule has 0 saturated heterocycles. The molecule has 0 radical (unpaired) electrons. The van der Waals surface area contributed by atoms with Gasteiger partial charge in [0.25, 0.3) is 0 Å². The Bertz CT molecular complexity index is 283. The van der Waals surface area contributed by atoms with Crippen molar-refractivity contribution in [2.45, 2.75) is 20.3 Å². The van der Waals surface area contributed by atoms with E-state index in [1.165, 1.54) is 0 Å². The average Bonchev–Trinajstić information content (AvgIpc) is 2.01. The Morgan fingerprint density at radius 2 is 2.07 bits per heavy atom. The van der Waals surface area contributed by atoms with Gasteiger partial charge in [0.1, 0.15) is 0 Å². The largest absolute Gasteiger partial charge is 0.387 e. The van der Waals surface area contributed by atoms with Gasteiger partial charge in [-0.05, 0) is 6.42 Å². The van der Waals surface area contributed by atoms with E-state index in [1.54, 1.807) is 0 Å². The zero-order valence-electron chi connectivity index (χ0n) is 8.95. The first-order valence-electron chi connectivity index (χ1n) is 4.57. The topological polar surface area (TPSA) is 84.5 Å². The maximum atomic E-state index is 10.7. The van der Waals surface area contributed by atoms with Gasteiger partial charge in [0.15, 0.2) is 0 Å². The lowest BCUT2D eigenvalue weighted by Gasteiger charge is -2.04. The third-order valence-corrected chi connectivity index (χ3v) is 2.31. The molecule has 0 fully saturated rings. The van der Waals surface area contributed by atoms with Gasteiger partial charge >= 0.3 is 0 Å². The number of nitrogens with zero attached hydrogens (tertiary/aromatic N) is 1. The van der Waals surface area contributed by atoms with Crippen LogP contribution in [-0.4, -0.2) is 33.6 Å². The molecular weight excluding hydrogens is 202 g/mol. The Morgan fingerprint density at radius 3 is 2.50 bits per heavy atom. The van der Waals surface area contributed by atoms with Crippen LogP contribution in [0.2, 0.25) is 0 Å². The highest BCUT2D eigenvalue weighted by Crippen LogP contribution is 1.92. The summed E-state index contributed by atoms with van der Waals surface area (Å²) < 4.78 is 23.7. The lowest BCUT2D eigenvalue weighted by atomic mass is 10.2. The number of amidine groups is 1. The van der Waals surface area contributed by atoms with Gasteiger partial charge in [0.05, 0.1) is 12.1 Å². The number of nitrogens with one attached hydrogen (secondary N) is 1. The van der Waals surface area contributed by atoms with Crippen LogP contribution in [0.25, 0.3) is 0 Å². The van der Waals surface area contributed by atoms with Crippen LogP contribution >= 0.6 is 0 Å². The van der Waals surface area contributed by atoms with Gasteiger partial charge in [-0.3, -0.25) is 4.99 Å². The van der Waals surface area contributed by atoms with Gasteiger partial charge in [-0.2, -0.15) is 0 Å². The number of aliphatic imine (C=N–C) groups is 1. The van der Waals surface area contributed by atoms with Gasteiger partial charge in [-0.1, -0.05) is 13.8 Å². The third-order valence-electron chi connectivity index (χ3n) is 1.59. The second-order valence-electron chi connectivity index (χ2n) is 3.48. The normalized spacial score (nSPS) is 13.6. The zero-order valence-corrected chi connectivity index (χ0v) is 9.76. The molecule has 0 aliphatic carbocycles. The van der Waals surface area contributed by atoms with E-state index in [9.17, 15) is 8.42 Å². The summed E-state index contributed by atoms with van der Waals surface area (Å²) in [7, 11) is -3.07. The van der Waals surface area contributed by atoms with Crippen molar-refractivity contribution in [3.05, 3.63) is 0 Å². The molecule has 0 aromatic carbocycles. The van der Waals surface area contributed by atoms with Gasteiger partial charge in [-0.25, -0.2) is 13.1 Å². The van der Waals surface area contributed by atoms with Crippen molar-refractivity contribution in [3.63, 3.8) is 0 Å². The number of rotatable bonds is 6. The lowest BCUT2D eigenvalue weighted by Crippen LogP contribution is -2.24. The minimum absolute atomic E-state index is 0.248. The first-order valence-corrected chi connectivity index (χ1v) is 6.46. The first-order chi connectivity index (χ1) is 6.33. The van der Waals surface area contributed by atoms with Crippen molar-refractivity contribution in [2.24, 2.45) is 16.6 Å². The number of sulfonamides is 1. The molecule has 0 aromatic rings. The van der Waals surface area contributed by atoms with E-state index in [-0.39, 0.29) is 5.92 Å². The first kappa shape index (κ1) is 13.4. The fourth-order valence-corrected chi connectivity index (χ4v) is 1.24. The summed E-state index contributed by atoms with van der Waals surface area (Å²) in [5.74, 6) is 0.863. The molecule has 0 unspecified atom stereocenters. The van der Waals surface area contributed by atoms with Crippen LogP contribution in [0.4, 0.5) is 0 Å². The number of hydrogen-bond acceptors (Lipinski definition) is 3. The quantitative estimate of drug-likeness (QED) is 0.374. The van der Waals surface area contributed by atoms with Gasteiger partial charge < -0.3 is 5.73 Å². The molecule has 0 amide bonds. The standard InChI is InChI=1S/C8H19N3O2S/c1-7(2)8(9)10-5-4-6-11-14(3,12)13/h7,11H,4-6H2,1-3H3,(H2,9,10). The molecular formula is C8H19N3O2S. The smallest absolute Gasteiger partial charge is 0.208 e. The number of hydrogen-bond donors (Lipinski definition) is 2. The molecule has 0 spiro atoms. The van der Waals surface area contributed by atoms with Gasteiger partial charge in [0.2, 0.25) is 10.0 Å². The minimum atomic E-state index is -3.07. The van der Waals surface area contributed by atoms with Crippen molar-refractivity contribution in [3.8, 4) is 0 Å². The highest BCUT2D eigenvalue weighted by molar-refractivity contribution is 7.88. The molecule has 6 heteroatoms. The lowest BCUT2D eigenvalue weighted by molar-refractivity contribution is 0.585. The molecule has 0 saturated carbocycles. The average molecular weight is 221 g/mol. The molecule has 0 bridgehead atoms. The Labute approximate surface area is 85.8 Å². The number of nitrogens with two attached hydrogens (primary N) is 1. The van der Waals surface area contributed by atoms with E-state index >= 15 is 0 Å². The van der Waals surface area contributed by atoms with E-state index < -0.39 is 10.0 Å². The van der Waals surface area contributed by atoms with Crippen molar-refractivity contribution in [2.75, 3.05) is 19.3 Å². The molecule has 0 aromatic heterocycles. The summed E-state index contributed by atoms with van der Waals surface area (Å²) in [6.07, 6.45) is 1.80. The molecule has 84 valence electrons. The van der Waals surface area contributed by atoms with Crippen LogP contribution in [0.15, 0.2) is 4.99 Å². The molecule has 3 N–H and O–H groups in total. The summed E-state index contributed by atoms with van der Waals surface area (Å²) in [6.45, 7) is 4.90. The van der Waals surface area contributed by atoms with Crippen LogP contribution < -0.4 is 10.5 Å². The maximum absolute atomic E-state index is 10.7. The van der Waals surface area contributed by atoms with Crippen LogP contribution in [0.1, 0.15) is 20.3 Å². The van der Waals surface area contributed by atoms with Gasteiger partial charge in [0, 0.05) is 19.0 Å². The highest BCUT2D eigenvalue weighted by atomic mass is 32.2. The molecule has 0 heterocycles. The molecule has 0 rings (SSSR count). The Hall–Kier alpha value is -0.620. The van der Waals surface area contributed by atoms with Crippen LogP contribution in [0.3, 0.4) is 0 Å². The molecule has 5 nitrogen and oxygen atoms in total. The minimum Gasteiger partial charge on any atom is -0.387 e.